The molecule has 2 saturated carbocycles. The van der Waals surface area contributed by atoms with Crippen LogP contribution < -0.4 is 26.0 Å². The van der Waals surface area contributed by atoms with Gasteiger partial charge in [0.25, 0.3) is 5.91 Å². The first-order valence-electron chi connectivity index (χ1n) is 12.4. The highest BCUT2D eigenvalue weighted by Crippen LogP contribution is 2.29. The lowest BCUT2D eigenvalue weighted by atomic mass is 9.92. The number of amides is 3. The largest absolute Gasteiger partial charge is 0.367 e. The number of nitrogens with zero attached hydrogens (tertiary/aromatic N) is 3. The molecule has 2 aromatic rings. The van der Waals surface area contributed by atoms with E-state index in [1.54, 1.807) is 16.8 Å². The third kappa shape index (κ3) is 5.78. The minimum Gasteiger partial charge on any atom is -0.367 e. The molecular weight excluding hydrogens is 484 g/mol. The summed E-state index contributed by atoms with van der Waals surface area (Å²) in [6, 6.07) is 1.87. The number of nitrogens with one attached hydrogen (secondary N) is 5. The Bertz CT molecular complexity index is 1310. The number of sulfonamides is 1. The second-order valence-corrected chi connectivity index (χ2v) is 12.0. The van der Waals surface area contributed by atoms with Crippen molar-refractivity contribution in [2.45, 2.75) is 70.5 Å². The van der Waals surface area contributed by atoms with Gasteiger partial charge in [-0.05, 0) is 50.5 Å². The number of rotatable bonds is 9. The van der Waals surface area contributed by atoms with Crippen LogP contribution in [0, 0.1) is 5.92 Å². The highest BCUT2D eigenvalue weighted by molar-refractivity contribution is 7.89. The summed E-state index contributed by atoms with van der Waals surface area (Å²) in [4.78, 5) is 28.2. The first kappa shape index (κ1) is 24.5. The lowest BCUT2D eigenvalue weighted by Crippen LogP contribution is -2.41. The average Bonchev–Trinajstić information content (AvgIpc) is 3.42. The summed E-state index contributed by atoms with van der Waals surface area (Å²) in [5.74, 6) is 1.20. The van der Waals surface area contributed by atoms with Gasteiger partial charge in [0.2, 0.25) is 10.0 Å². The number of aromatic nitrogens is 3. The number of carbonyl (C=O) groups excluding carboxylic acids is 2. The molecule has 1 saturated heterocycles. The first-order chi connectivity index (χ1) is 17.1. The van der Waals surface area contributed by atoms with E-state index in [4.69, 9.17) is 4.98 Å². The lowest BCUT2D eigenvalue weighted by molar-refractivity contribution is -0.115. The molecule has 3 amide bonds. The zero-order chi connectivity index (χ0) is 25.4. The standard InChI is InChI=1S/C23H32N8O4S/c1-13(2)12-36(34,35)30-17-7-5-15(6-8-17)25-19-10-20(26-16-3-4-16)31-21(28-19)14(11-24-31)9-18-22(32)29-23(33)27-18/h9-11,13,15-17,26,30H,3-8,12H2,1-2H3,(H,25,28)(H2,27,29,32,33)/b18-9-/t15-,17-. The van der Waals surface area contributed by atoms with Gasteiger partial charge in [-0.15, -0.1) is 0 Å². The fourth-order valence-corrected chi connectivity index (χ4v) is 6.36. The van der Waals surface area contributed by atoms with Crippen LogP contribution in [0.1, 0.15) is 57.9 Å². The van der Waals surface area contributed by atoms with Crippen LogP contribution in [0.2, 0.25) is 0 Å². The SMILES string of the molecule is CC(C)CS(=O)(=O)N[C@H]1CC[C@H](Nc2cc(NC3CC3)n3ncc(/C=C4\NC(=O)NC4=O)c3n2)CC1. The molecule has 0 aromatic carbocycles. The molecule has 36 heavy (non-hydrogen) atoms. The second kappa shape index (κ2) is 9.69. The summed E-state index contributed by atoms with van der Waals surface area (Å²) >= 11 is 0. The molecule has 0 atom stereocenters. The van der Waals surface area contributed by atoms with Crippen molar-refractivity contribution in [3.8, 4) is 0 Å². The molecule has 0 spiro atoms. The van der Waals surface area contributed by atoms with E-state index in [0.29, 0.717) is 23.1 Å². The Kier molecular flexibility index (Phi) is 6.60. The second-order valence-electron chi connectivity index (χ2n) is 10.2. The van der Waals surface area contributed by atoms with E-state index in [1.165, 1.54) is 0 Å². The van der Waals surface area contributed by atoms with Gasteiger partial charge in [-0.25, -0.2) is 22.9 Å². The van der Waals surface area contributed by atoms with Crippen molar-refractivity contribution < 1.29 is 18.0 Å². The maximum absolute atomic E-state index is 12.3. The highest BCUT2D eigenvalue weighted by atomic mass is 32.2. The summed E-state index contributed by atoms with van der Waals surface area (Å²) in [6.45, 7) is 3.80. The van der Waals surface area contributed by atoms with Gasteiger partial charge in [-0.1, -0.05) is 13.8 Å². The van der Waals surface area contributed by atoms with Gasteiger partial charge in [0.05, 0.1) is 11.9 Å². The van der Waals surface area contributed by atoms with Crippen molar-refractivity contribution in [3.05, 3.63) is 23.5 Å². The first-order valence-corrected chi connectivity index (χ1v) is 14.1. The van der Waals surface area contributed by atoms with E-state index in [-0.39, 0.29) is 29.5 Å². The molecule has 5 N–H and O–H groups in total. The zero-order valence-electron chi connectivity index (χ0n) is 20.4. The Morgan fingerprint density at radius 2 is 1.72 bits per heavy atom. The van der Waals surface area contributed by atoms with E-state index < -0.39 is 22.0 Å². The predicted molar refractivity (Wildman–Crippen MR) is 136 cm³/mol. The van der Waals surface area contributed by atoms with Gasteiger partial charge in [0.15, 0.2) is 5.65 Å². The Morgan fingerprint density at radius 1 is 1.06 bits per heavy atom. The number of fused-ring (bicyclic) bond motifs is 1. The molecule has 1 aliphatic heterocycles. The van der Waals surface area contributed by atoms with E-state index >= 15 is 0 Å². The van der Waals surface area contributed by atoms with Crippen LogP contribution in [0.5, 0.6) is 0 Å². The minimum absolute atomic E-state index is 0.0461. The molecule has 5 rings (SSSR count). The maximum Gasteiger partial charge on any atom is 0.326 e. The summed E-state index contributed by atoms with van der Waals surface area (Å²) < 4.78 is 29.2. The normalized spacial score (nSPS) is 23.8. The van der Waals surface area contributed by atoms with Crippen molar-refractivity contribution in [2.75, 3.05) is 16.4 Å². The van der Waals surface area contributed by atoms with Gasteiger partial charge < -0.3 is 16.0 Å². The van der Waals surface area contributed by atoms with Crippen molar-refractivity contribution >= 4 is 45.3 Å². The predicted octanol–water partition coefficient (Wildman–Crippen LogP) is 1.78. The van der Waals surface area contributed by atoms with E-state index in [0.717, 1.165) is 44.3 Å². The molecular formula is C23H32N8O4S. The summed E-state index contributed by atoms with van der Waals surface area (Å²) in [5, 5.41) is 16.1. The van der Waals surface area contributed by atoms with Crippen LogP contribution >= 0.6 is 0 Å². The molecule has 0 bridgehead atoms. The van der Waals surface area contributed by atoms with E-state index in [2.05, 4.69) is 31.1 Å². The quantitative estimate of drug-likeness (QED) is 0.249. The fourth-order valence-electron chi connectivity index (χ4n) is 4.64. The molecule has 12 nitrogen and oxygen atoms in total. The van der Waals surface area contributed by atoms with Crippen LogP contribution in [0.25, 0.3) is 11.7 Å². The van der Waals surface area contributed by atoms with Gasteiger partial charge in [-0.2, -0.15) is 9.61 Å². The van der Waals surface area contributed by atoms with Crippen molar-refractivity contribution in [3.63, 3.8) is 0 Å². The van der Waals surface area contributed by atoms with E-state index in [9.17, 15) is 18.0 Å². The van der Waals surface area contributed by atoms with Crippen LogP contribution in [-0.2, 0) is 14.8 Å². The third-order valence-corrected chi connectivity index (χ3v) is 8.22. The summed E-state index contributed by atoms with van der Waals surface area (Å²) in [5.41, 5.74) is 1.30. The van der Waals surface area contributed by atoms with Crippen LogP contribution in [0.3, 0.4) is 0 Å². The van der Waals surface area contributed by atoms with Crippen LogP contribution in [0.15, 0.2) is 18.0 Å². The lowest BCUT2D eigenvalue weighted by Gasteiger charge is -2.30. The van der Waals surface area contributed by atoms with Gasteiger partial charge in [0.1, 0.15) is 17.3 Å². The number of carbonyl (C=O) groups is 2. The molecule has 194 valence electrons. The van der Waals surface area contributed by atoms with Crippen molar-refractivity contribution in [1.82, 2.24) is 30.0 Å². The average molecular weight is 517 g/mol. The summed E-state index contributed by atoms with van der Waals surface area (Å²) in [7, 11) is -3.27. The monoisotopic (exact) mass is 516 g/mol. The molecule has 3 aliphatic rings. The van der Waals surface area contributed by atoms with Crippen molar-refractivity contribution in [1.29, 1.82) is 0 Å². The molecule has 2 aliphatic carbocycles. The van der Waals surface area contributed by atoms with Crippen LogP contribution in [-0.4, -0.2) is 58.8 Å². The number of hydrogen-bond acceptors (Lipinski definition) is 8. The Morgan fingerprint density at radius 3 is 2.36 bits per heavy atom. The third-order valence-electron chi connectivity index (χ3n) is 6.43. The maximum atomic E-state index is 12.3. The van der Waals surface area contributed by atoms with Crippen LogP contribution in [0.4, 0.5) is 16.4 Å². The van der Waals surface area contributed by atoms with Gasteiger partial charge >= 0.3 is 6.03 Å². The molecule has 2 aromatic heterocycles. The molecule has 13 heteroatoms. The summed E-state index contributed by atoms with van der Waals surface area (Å²) in [6.07, 6.45) is 8.50. The number of urea groups is 1. The highest BCUT2D eigenvalue weighted by Gasteiger charge is 2.28. The number of imide groups is 1. The van der Waals surface area contributed by atoms with Gasteiger partial charge in [0, 0.05) is 29.8 Å². The minimum atomic E-state index is -3.27. The topological polar surface area (TPSA) is 159 Å². The molecule has 0 radical (unpaired) electrons. The fraction of sp³-hybridized carbons (Fsp3) is 0.565. The smallest absolute Gasteiger partial charge is 0.326 e. The molecule has 3 heterocycles. The van der Waals surface area contributed by atoms with E-state index in [1.807, 2.05) is 19.9 Å². The molecule has 0 unspecified atom stereocenters. The van der Waals surface area contributed by atoms with Crippen molar-refractivity contribution in [2.24, 2.45) is 5.92 Å². The molecule has 3 fully saturated rings. The zero-order valence-corrected chi connectivity index (χ0v) is 21.2. The Labute approximate surface area is 209 Å². The Balaban J connectivity index is 1.32. The number of hydrogen-bond donors (Lipinski definition) is 5. The van der Waals surface area contributed by atoms with Gasteiger partial charge in [-0.3, -0.25) is 10.1 Å². The Hall–Kier alpha value is -3.19. The number of anilines is 2.